The van der Waals surface area contributed by atoms with Crippen molar-refractivity contribution in [1.29, 1.82) is 0 Å². The number of phenols is 1. The zero-order chi connectivity index (χ0) is 23.5. The third kappa shape index (κ3) is 5.05. The molecule has 0 aliphatic carbocycles. The lowest BCUT2D eigenvalue weighted by Gasteiger charge is -2.31. The summed E-state index contributed by atoms with van der Waals surface area (Å²) < 4.78 is 70.1. The van der Waals surface area contributed by atoms with Crippen molar-refractivity contribution in [3.8, 4) is 5.75 Å². The maximum atomic E-state index is 14.6. The Kier molecular flexibility index (Phi) is 7.10. The lowest BCUT2D eigenvalue weighted by Crippen LogP contribution is -2.44. The fourth-order valence-corrected chi connectivity index (χ4v) is 4.94. The molecule has 3 aromatic carbocycles. The Balaban J connectivity index is 1.93. The zero-order valence-electron chi connectivity index (χ0n) is 17.5. The number of nitrogens with zero attached hydrogens (tertiary/aromatic N) is 1. The molecule has 0 aliphatic rings. The van der Waals surface area contributed by atoms with Crippen LogP contribution in [-0.4, -0.2) is 26.1 Å². The van der Waals surface area contributed by atoms with Crippen LogP contribution in [0.25, 0.3) is 0 Å². The molecule has 3 rings (SSSR count). The minimum Gasteiger partial charge on any atom is -0.508 e. The van der Waals surface area contributed by atoms with Crippen molar-refractivity contribution in [3.63, 3.8) is 0 Å². The second-order valence-corrected chi connectivity index (χ2v) is 9.24. The van der Waals surface area contributed by atoms with Crippen molar-refractivity contribution < 1.29 is 26.7 Å². The number of nitrogens with one attached hydrogen (secondary N) is 1. The minimum atomic E-state index is -4.23. The quantitative estimate of drug-likeness (QED) is 0.515. The van der Waals surface area contributed by atoms with Gasteiger partial charge in [0, 0.05) is 24.7 Å². The van der Waals surface area contributed by atoms with Gasteiger partial charge in [-0.05, 0) is 50.2 Å². The number of sulfonamides is 1. The smallest absolute Gasteiger partial charge is 0.264 e. The zero-order valence-corrected chi connectivity index (χ0v) is 18.3. The van der Waals surface area contributed by atoms with E-state index in [1.54, 1.807) is 19.1 Å². The number of halogens is 3. The highest BCUT2D eigenvalue weighted by molar-refractivity contribution is 7.92. The maximum Gasteiger partial charge on any atom is 0.264 e. The van der Waals surface area contributed by atoms with Crippen molar-refractivity contribution in [1.82, 2.24) is 5.32 Å². The Hall–Kier alpha value is -3.04. The summed E-state index contributed by atoms with van der Waals surface area (Å²) in [5.41, 5.74) is 0.328. The van der Waals surface area contributed by atoms with Crippen LogP contribution in [0.1, 0.15) is 18.1 Å². The van der Waals surface area contributed by atoms with Crippen molar-refractivity contribution in [2.75, 3.05) is 10.8 Å². The first kappa shape index (κ1) is 23.6. The summed E-state index contributed by atoms with van der Waals surface area (Å²) in [5, 5.41) is 12.7. The van der Waals surface area contributed by atoms with Crippen molar-refractivity contribution in [2.45, 2.75) is 31.3 Å². The first-order valence-electron chi connectivity index (χ1n) is 9.84. The number of aryl methyl sites for hydroxylation is 1. The molecule has 1 atom stereocenters. The van der Waals surface area contributed by atoms with Gasteiger partial charge in [0.25, 0.3) is 10.0 Å². The van der Waals surface area contributed by atoms with Crippen molar-refractivity contribution in [3.05, 3.63) is 89.2 Å². The molecule has 0 saturated carbocycles. The molecular formula is C23H23F3N2O3S. The second-order valence-electron chi connectivity index (χ2n) is 7.43. The second kappa shape index (κ2) is 9.62. The van der Waals surface area contributed by atoms with Gasteiger partial charge in [-0.2, -0.15) is 0 Å². The van der Waals surface area contributed by atoms with Gasteiger partial charge >= 0.3 is 0 Å². The number of hydrogen-bond acceptors (Lipinski definition) is 4. The van der Waals surface area contributed by atoms with Gasteiger partial charge in [0.2, 0.25) is 0 Å². The van der Waals surface area contributed by atoms with Gasteiger partial charge in [0.15, 0.2) is 0 Å². The molecule has 0 aliphatic heterocycles. The Morgan fingerprint density at radius 2 is 1.59 bits per heavy atom. The molecule has 0 heterocycles. The van der Waals surface area contributed by atoms with E-state index in [2.05, 4.69) is 5.32 Å². The van der Waals surface area contributed by atoms with E-state index in [9.17, 15) is 26.7 Å². The first-order chi connectivity index (χ1) is 15.1. The maximum absolute atomic E-state index is 14.6. The number of rotatable bonds is 8. The molecule has 9 heteroatoms. The summed E-state index contributed by atoms with van der Waals surface area (Å²) in [6.07, 6.45) is 0. The Bertz CT molecular complexity index is 1180. The average molecular weight is 465 g/mol. The van der Waals surface area contributed by atoms with Crippen LogP contribution in [0.3, 0.4) is 0 Å². The highest BCUT2D eigenvalue weighted by atomic mass is 32.2. The molecule has 2 N–H and O–H groups in total. The summed E-state index contributed by atoms with van der Waals surface area (Å²) in [5.74, 6) is -2.61. The molecule has 0 amide bonds. The van der Waals surface area contributed by atoms with Gasteiger partial charge in [0.05, 0.1) is 16.6 Å². The monoisotopic (exact) mass is 464 g/mol. The van der Waals surface area contributed by atoms with Gasteiger partial charge in [-0.25, -0.2) is 21.6 Å². The third-order valence-electron chi connectivity index (χ3n) is 4.95. The highest BCUT2D eigenvalue weighted by Gasteiger charge is 2.31. The van der Waals surface area contributed by atoms with Crippen LogP contribution in [-0.2, 0) is 16.6 Å². The minimum absolute atomic E-state index is 0.0477. The molecule has 0 bridgehead atoms. The van der Waals surface area contributed by atoms with E-state index in [1.807, 2.05) is 0 Å². The summed E-state index contributed by atoms with van der Waals surface area (Å²) in [6.45, 7) is 3.09. The fourth-order valence-electron chi connectivity index (χ4n) is 3.29. The van der Waals surface area contributed by atoms with E-state index in [4.69, 9.17) is 0 Å². The molecule has 32 heavy (non-hydrogen) atoms. The Morgan fingerprint density at radius 1 is 0.969 bits per heavy atom. The molecule has 0 aromatic heterocycles. The molecule has 0 spiro atoms. The van der Waals surface area contributed by atoms with E-state index in [0.717, 1.165) is 40.2 Å². The lowest BCUT2D eigenvalue weighted by atomic mass is 10.2. The van der Waals surface area contributed by atoms with E-state index >= 15 is 0 Å². The SMILES string of the molecule is Cc1ccc(S(=O)(=O)N(c2cc(O)ccc2F)C(C)CNCc2c(F)cccc2F)cc1. The normalized spacial score (nSPS) is 12.5. The topological polar surface area (TPSA) is 69.6 Å². The molecule has 0 fully saturated rings. The van der Waals surface area contributed by atoms with Crippen LogP contribution in [0.2, 0.25) is 0 Å². The first-order valence-corrected chi connectivity index (χ1v) is 11.3. The van der Waals surface area contributed by atoms with Crippen LogP contribution in [0.4, 0.5) is 18.9 Å². The van der Waals surface area contributed by atoms with Crippen LogP contribution in [0.15, 0.2) is 65.6 Å². The Labute approximate surface area is 185 Å². The van der Waals surface area contributed by atoms with Gasteiger partial charge in [-0.3, -0.25) is 4.31 Å². The third-order valence-corrected chi connectivity index (χ3v) is 6.89. The fraction of sp³-hybridized carbons (Fsp3) is 0.217. The van der Waals surface area contributed by atoms with Gasteiger partial charge in [-0.15, -0.1) is 0 Å². The number of aromatic hydroxyl groups is 1. The van der Waals surface area contributed by atoms with E-state index in [-0.39, 0.29) is 35.0 Å². The average Bonchev–Trinajstić information content (AvgIpc) is 2.73. The standard InChI is InChI=1S/C23H23F3N2O3S/c1-15-6-9-18(10-7-15)32(30,31)28(23-12-17(29)8-11-22(23)26)16(2)13-27-14-19-20(24)4-3-5-21(19)25/h3-12,16,27,29H,13-14H2,1-2H3. The summed E-state index contributed by atoms with van der Waals surface area (Å²) in [4.78, 5) is -0.0576. The Morgan fingerprint density at radius 3 is 2.22 bits per heavy atom. The van der Waals surface area contributed by atoms with Crippen molar-refractivity contribution in [2.24, 2.45) is 0 Å². The van der Waals surface area contributed by atoms with Crippen molar-refractivity contribution >= 4 is 15.7 Å². The van der Waals surface area contributed by atoms with Gasteiger partial charge in [0.1, 0.15) is 23.2 Å². The van der Waals surface area contributed by atoms with Crippen LogP contribution in [0.5, 0.6) is 5.75 Å². The van der Waals surface area contributed by atoms with Gasteiger partial charge < -0.3 is 10.4 Å². The van der Waals surface area contributed by atoms with Crippen LogP contribution >= 0.6 is 0 Å². The summed E-state index contributed by atoms with van der Waals surface area (Å²) >= 11 is 0. The predicted octanol–water partition coefficient (Wildman–Crippen LogP) is 4.49. The number of benzene rings is 3. The van der Waals surface area contributed by atoms with E-state index < -0.39 is 33.5 Å². The van der Waals surface area contributed by atoms with Gasteiger partial charge in [-0.1, -0.05) is 23.8 Å². The molecule has 5 nitrogen and oxygen atoms in total. The van der Waals surface area contributed by atoms with Crippen LogP contribution in [0, 0.1) is 24.4 Å². The lowest BCUT2D eigenvalue weighted by molar-refractivity contribution is 0.472. The highest BCUT2D eigenvalue weighted by Crippen LogP contribution is 2.31. The largest absolute Gasteiger partial charge is 0.508 e. The molecule has 3 aromatic rings. The van der Waals surface area contributed by atoms with E-state index in [0.29, 0.717) is 0 Å². The number of phenolic OH excluding ortho intramolecular Hbond substituents is 1. The molecule has 1 unspecified atom stereocenters. The number of hydrogen-bond donors (Lipinski definition) is 2. The summed E-state index contributed by atoms with van der Waals surface area (Å²) in [6, 6.07) is 11.8. The molecule has 0 saturated heterocycles. The summed E-state index contributed by atoms with van der Waals surface area (Å²) in [7, 11) is -4.23. The van der Waals surface area contributed by atoms with Crippen LogP contribution < -0.4 is 9.62 Å². The molecule has 0 radical (unpaired) electrons. The molecular weight excluding hydrogens is 441 g/mol. The predicted molar refractivity (Wildman–Crippen MR) is 116 cm³/mol. The van der Waals surface area contributed by atoms with E-state index in [1.165, 1.54) is 25.1 Å². The molecule has 170 valence electrons. The number of anilines is 1.